The number of nitrogens with zero attached hydrogens (tertiary/aromatic N) is 2. The molecule has 0 aromatic carbocycles. The van der Waals surface area contributed by atoms with Crippen LogP contribution in [-0.4, -0.2) is 33.4 Å². The third kappa shape index (κ3) is 3.59. The number of allylic oxidation sites excluding steroid dienone is 2. The molecule has 1 amide bonds. The first-order valence-corrected chi connectivity index (χ1v) is 7.31. The van der Waals surface area contributed by atoms with E-state index in [1.165, 1.54) is 0 Å². The average molecular weight is 270 g/mol. The number of amides is 1. The first kappa shape index (κ1) is 15.2. The topological polar surface area (TPSA) is 55.7 Å². The van der Waals surface area contributed by atoms with Gasteiger partial charge in [0.15, 0.2) is 0 Å². The molecule has 102 valence electrons. The molecule has 18 heavy (non-hydrogen) atoms. The molecule has 0 bridgehead atoms. The van der Waals surface area contributed by atoms with Gasteiger partial charge in [0.05, 0.1) is 5.70 Å². The minimum atomic E-state index is -1.29. The van der Waals surface area contributed by atoms with Gasteiger partial charge in [-0.15, -0.1) is 0 Å². The molecule has 0 N–H and O–H groups in total. The highest BCUT2D eigenvalue weighted by molar-refractivity contribution is 7.91. The van der Waals surface area contributed by atoms with Crippen LogP contribution in [0.2, 0.25) is 0 Å². The van der Waals surface area contributed by atoms with Gasteiger partial charge in [0.25, 0.3) is 0 Å². The van der Waals surface area contributed by atoms with Crippen LogP contribution in [0.3, 0.4) is 0 Å². The molecule has 0 aliphatic carbocycles. The molecule has 0 saturated heterocycles. The molecule has 0 aromatic heterocycles. The predicted molar refractivity (Wildman–Crippen MR) is 75.6 cm³/mol. The number of carbonyl (C=O) groups is 1. The third-order valence-electron chi connectivity index (χ3n) is 2.98. The molecule has 1 rings (SSSR count). The Hall–Kier alpha value is -0.810. The molecule has 1 unspecified atom stereocenters. The molecule has 1 aliphatic rings. The molecular formula is C13H22N2O2S. The zero-order valence-electron chi connectivity index (χ0n) is 11.8. The van der Waals surface area contributed by atoms with Crippen LogP contribution in [0, 0.1) is 5.92 Å². The maximum atomic E-state index is 12.0. The van der Waals surface area contributed by atoms with Gasteiger partial charge in [0.2, 0.25) is 5.91 Å². The fourth-order valence-electron chi connectivity index (χ4n) is 1.64. The lowest BCUT2D eigenvalue weighted by atomic mass is 9.96. The van der Waals surface area contributed by atoms with Crippen molar-refractivity contribution < 1.29 is 9.35 Å². The summed E-state index contributed by atoms with van der Waals surface area (Å²) in [7, 11) is 1.74. The van der Waals surface area contributed by atoms with Crippen molar-refractivity contribution in [2.45, 2.75) is 45.3 Å². The lowest BCUT2D eigenvalue weighted by Gasteiger charge is -2.27. The second-order valence-corrected chi connectivity index (χ2v) is 7.40. The summed E-state index contributed by atoms with van der Waals surface area (Å²) in [4.78, 5) is 13.6. The lowest BCUT2D eigenvalue weighted by molar-refractivity contribution is -0.132. The van der Waals surface area contributed by atoms with Crippen molar-refractivity contribution in [3.63, 3.8) is 0 Å². The molecule has 5 heteroatoms. The van der Waals surface area contributed by atoms with Crippen LogP contribution in [-0.2, 0) is 16.2 Å². The molecule has 1 aliphatic heterocycles. The maximum absolute atomic E-state index is 12.0. The van der Waals surface area contributed by atoms with Gasteiger partial charge < -0.3 is 9.45 Å². The van der Waals surface area contributed by atoms with Crippen LogP contribution >= 0.6 is 0 Å². The quantitative estimate of drug-likeness (QED) is 0.583. The number of hydrogen-bond acceptors (Lipinski definition) is 3. The summed E-state index contributed by atoms with van der Waals surface area (Å²) in [5, 5.41) is 0. The summed E-state index contributed by atoms with van der Waals surface area (Å²) in [5.41, 5.74) is 0.738. The third-order valence-corrected chi connectivity index (χ3v) is 4.32. The number of hydrogen-bond donors (Lipinski definition) is 0. The van der Waals surface area contributed by atoms with Crippen molar-refractivity contribution in [1.82, 2.24) is 4.90 Å². The van der Waals surface area contributed by atoms with Crippen LogP contribution in [0.5, 0.6) is 0 Å². The Morgan fingerprint density at radius 2 is 2.22 bits per heavy atom. The molecule has 0 radical (unpaired) electrons. The van der Waals surface area contributed by atoms with Gasteiger partial charge in [-0.25, -0.2) is 0 Å². The van der Waals surface area contributed by atoms with Gasteiger partial charge in [-0.2, -0.15) is 0 Å². The zero-order valence-corrected chi connectivity index (χ0v) is 12.6. The summed E-state index contributed by atoms with van der Waals surface area (Å²) >= 11 is -1.29. The Labute approximate surface area is 112 Å². The van der Waals surface area contributed by atoms with Gasteiger partial charge in [0, 0.05) is 13.0 Å². The van der Waals surface area contributed by atoms with Crippen LogP contribution in [0.25, 0.3) is 0 Å². The van der Waals surface area contributed by atoms with Crippen LogP contribution in [0.1, 0.15) is 40.5 Å². The van der Waals surface area contributed by atoms with E-state index in [9.17, 15) is 9.35 Å². The first-order chi connectivity index (χ1) is 8.27. The SMILES string of the molecule is CCC1CC=C(/C=N/[S@+]([O-])C(C)(C)C)N(C)C1=O. The minimum Gasteiger partial charge on any atom is -0.591 e. The Bertz CT molecular complexity index is 372. The van der Waals surface area contributed by atoms with E-state index in [0.29, 0.717) is 0 Å². The zero-order chi connectivity index (χ0) is 13.9. The van der Waals surface area contributed by atoms with Crippen molar-refractivity contribution in [2.24, 2.45) is 10.3 Å². The van der Waals surface area contributed by atoms with E-state index in [1.54, 1.807) is 18.2 Å². The molecule has 1 heterocycles. The second kappa shape index (κ2) is 5.89. The van der Waals surface area contributed by atoms with E-state index < -0.39 is 11.4 Å². The van der Waals surface area contributed by atoms with E-state index in [4.69, 9.17) is 0 Å². The Kier molecular flexibility index (Phi) is 4.99. The highest BCUT2D eigenvalue weighted by atomic mass is 32.2. The summed E-state index contributed by atoms with van der Waals surface area (Å²) in [6, 6.07) is 0. The Morgan fingerprint density at radius 3 is 2.72 bits per heavy atom. The van der Waals surface area contributed by atoms with Gasteiger partial charge >= 0.3 is 0 Å². The summed E-state index contributed by atoms with van der Waals surface area (Å²) < 4.78 is 15.5. The van der Waals surface area contributed by atoms with Gasteiger partial charge in [0.1, 0.15) is 22.3 Å². The maximum Gasteiger partial charge on any atom is 0.230 e. The highest BCUT2D eigenvalue weighted by Crippen LogP contribution is 2.22. The van der Waals surface area contributed by atoms with Crippen LogP contribution < -0.4 is 0 Å². The smallest absolute Gasteiger partial charge is 0.230 e. The molecule has 4 nitrogen and oxygen atoms in total. The molecule has 0 saturated carbocycles. The minimum absolute atomic E-state index is 0.0697. The van der Waals surface area contributed by atoms with E-state index >= 15 is 0 Å². The largest absolute Gasteiger partial charge is 0.591 e. The molecule has 0 spiro atoms. The van der Waals surface area contributed by atoms with Crippen LogP contribution in [0.4, 0.5) is 0 Å². The normalized spacial score (nSPS) is 23.4. The van der Waals surface area contributed by atoms with E-state index in [1.807, 2.05) is 33.8 Å². The van der Waals surface area contributed by atoms with E-state index in [-0.39, 0.29) is 16.6 Å². The predicted octanol–water partition coefficient (Wildman–Crippen LogP) is 2.29. The first-order valence-electron chi connectivity index (χ1n) is 6.21. The summed E-state index contributed by atoms with van der Waals surface area (Å²) in [6.07, 6.45) is 5.12. The fraction of sp³-hybridized carbons (Fsp3) is 0.692. The second-order valence-electron chi connectivity index (χ2n) is 5.46. The Morgan fingerprint density at radius 1 is 1.61 bits per heavy atom. The molecule has 2 atom stereocenters. The van der Waals surface area contributed by atoms with Crippen molar-refractivity contribution >= 4 is 23.5 Å². The molecule has 0 aromatic rings. The van der Waals surface area contributed by atoms with E-state index in [0.717, 1.165) is 18.5 Å². The highest BCUT2D eigenvalue weighted by Gasteiger charge is 2.28. The molecule has 0 fully saturated rings. The number of carbonyl (C=O) groups excluding carboxylic acids is 1. The fourth-order valence-corrected chi connectivity index (χ4v) is 2.16. The Balaban J connectivity index is 2.77. The van der Waals surface area contributed by atoms with Gasteiger partial charge in [-0.05, 0) is 33.6 Å². The van der Waals surface area contributed by atoms with Crippen molar-refractivity contribution in [2.75, 3.05) is 7.05 Å². The molecular weight excluding hydrogens is 248 g/mol. The monoisotopic (exact) mass is 270 g/mol. The van der Waals surface area contributed by atoms with Gasteiger partial charge in [-0.1, -0.05) is 17.4 Å². The van der Waals surface area contributed by atoms with E-state index in [2.05, 4.69) is 4.40 Å². The van der Waals surface area contributed by atoms with Crippen molar-refractivity contribution in [3.05, 3.63) is 11.8 Å². The standard InChI is InChI=1S/C13H22N2O2S/c1-6-10-7-8-11(15(5)12(10)16)9-14-18(17)13(2,3)4/h8-10H,6-7H2,1-5H3/b14-9+/t10?,18-/m1/s1. The summed E-state index contributed by atoms with van der Waals surface area (Å²) in [5.74, 6) is 0.184. The van der Waals surface area contributed by atoms with Crippen LogP contribution in [0.15, 0.2) is 16.2 Å². The van der Waals surface area contributed by atoms with Gasteiger partial charge in [-0.3, -0.25) is 4.79 Å². The average Bonchev–Trinajstić information content (AvgIpc) is 2.29. The van der Waals surface area contributed by atoms with Crippen molar-refractivity contribution in [3.8, 4) is 0 Å². The van der Waals surface area contributed by atoms with Crippen molar-refractivity contribution in [1.29, 1.82) is 0 Å². The summed E-state index contributed by atoms with van der Waals surface area (Å²) in [6.45, 7) is 7.63. The number of rotatable bonds is 3. The lowest BCUT2D eigenvalue weighted by Crippen LogP contribution is -2.36.